The molecule has 0 aromatic carbocycles. The van der Waals surface area contributed by atoms with E-state index in [9.17, 15) is 4.79 Å². The molecule has 17 heavy (non-hydrogen) atoms. The Bertz CT molecular complexity index is 442. The second kappa shape index (κ2) is 4.69. The van der Waals surface area contributed by atoms with Crippen molar-refractivity contribution in [2.45, 2.75) is 32.6 Å². The first-order valence-corrected chi connectivity index (χ1v) is 5.66. The molecule has 0 aliphatic heterocycles. The summed E-state index contributed by atoms with van der Waals surface area (Å²) in [5.74, 6) is 1.38. The van der Waals surface area contributed by atoms with Crippen LogP contribution in [0, 0.1) is 13.8 Å². The van der Waals surface area contributed by atoms with Crippen molar-refractivity contribution in [2.24, 2.45) is 0 Å². The van der Waals surface area contributed by atoms with Gasteiger partial charge in [-0.1, -0.05) is 0 Å². The number of hydrogen-bond acceptors (Lipinski definition) is 5. The lowest BCUT2D eigenvalue weighted by atomic mass is 10.2. The highest BCUT2D eigenvalue weighted by Crippen LogP contribution is 2.39. The maximum Gasteiger partial charge on any atom is 0.343 e. The van der Waals surface area contributed by atoms with Crippen molar-refractivity contribution in [3.8, 4) is 5.88 Å². The molecule has 0 radical (unpaired) electrons. The smallest absolute Gasteiger partial charge is 0.343 e. The van der Waals surface area contributed by atoms with Crippen LogP contribution in [0.15, 0.2) is 0 Å². The van der Waals surface area contributed by atoms with Gasteiger partial charge in [0.2, 0.25) is 5.88 Å². The quantitative estimate of drug-likeness (QED) is 0.742. The van der Waals surface area contributed by atoms with E-state index in [4.69, 9.17) is 4.74 Å². The highest BCUT2D eigenvalue weighted by Gasteiger charge is 2.28. The monoisotopic (exact) mass is 236 g/mol. The van der Waals surface area contributed by atoms with Gasteiger partial charge in [-0.25, -0.2) is 9.78 Å². The van der Waals surface area contributed by atoms with Gasteiger partial charge in [0, 0.05) is 17.2 Å². The molecule has 0 unspecified atom stereocenters. The number of carbonyl (C=O) groups is 1. The molecule has 1 saturated carbocycles. The zero-order valence-corrected chi connectivity index (χ0v) is 10.3. The highest BCUT2D eigenvalue weighted by atomic mass is 16.6. The Morgan fingerprint density at radius 2 is 2.06 bits per heavy atom. The van der Waals surface area contributed by atoms with Crippen LogP contribution in [0.3, 0.4) is 0 Å². The molecule has 5 heteroatoms. The molecule has 1 aromatic heterocycles. The van der Waals surface area contributed by atoms with Crippen molar-refractivity contribution in [3.05, 3.63) is 17.1 Å². The van der Waals surface area contributed by atoms with E-state index in [0.29, 0.717) is 11.8 Å². The second-order valence-electron chi connectivity index (χ2n) is 4.24. The number of aromatic nitrogens is 2. The number of methoxy groups -OCH3 is 1. The molecule has 92 valence electrons. The molecule has 0 N–H and O–H groups in total. The fourth-order valence-electron chi connectivity index (χ4n) is 1.47. The zero-order chi connectivity index (χ0) is 12.4. The Hall–Kier alpha value is -1.65. The maximum atomic E-state index is 11.0. The Labute approximate surface area is 100 Å². The fraction of sp³-hybridized carbons (Fsp3) is 0.583. The molecule has 1 fully saturated rings. The largest absolute Gasteiger partial charge is 0.466 e. The molecule has 0 atom stereocenters. The maximum absolute atomic E-state index is 11.0. The van der Waals surface area contributed by atoms with Gasteiger partial charge in [0.15, 0.2) is 6.61 Å². The standard InChI is InChI=1S/C12H16N2O3/c1-7-8(2)13-11(9-4-5-9)14-12(7)17-6-10(15)16-3/h9H,4-6H2,1-3H3. The topological polar surface area (TPSA) is 61.3 Å². The molecule has 5 nitrogen and oxygen atoms in total. The molecule has 0 bridgehead atoms. The number of rotatable bonds is 4. The van der Waals surface area contributed by atoms with Crippen LogP contribution in [0.4, 0.5) is 0 Å². The van der Waals surface area contributed by atoms with Gasteiger partial charge in [-0.15, -0.1) is 0 Å². The first-order valence-electron chi connectivity index (χ1n) is 5.66. The number of ether oxygens (including phenoxy) is 2. The van der Waals surface area contributed by atoms with Crippen LogP contribution in [0.25, 0.3) is 0 Å². The van der Waals surface area contributed by atoms with E-state index >= 15 is 0 Å². The molecular formula is C12H16N2O3. The Balaban J connectivity index is 2.16. The SMILES string of the molecule is COC(=O)COc1nc(C2CC2)nc(C)c1C. The van der Waals surface area contributed by atoms with E-state index < -0.39 is 5.97 Å². The van der Waals surface area contributed by atoms with Crippen molar-refractivity contribution in [1.82, 2.24) is 9.97 Å². The van der Waals surface area contributed by atoms with E-state index in [1.165, 1.54) is 7.11 Å². The van der Waals surface area contributed by atoms with E-state index in [0.717, 1.165) is 29.9 Å². The van der Waals surface area contributed by atoms with Crippen molar-refractivity contribution in [3.63, 3.8) is 0 Å². The average Bonchev–Trinajstić information content (AvgIpc) is 3.14. The summed E-state index contributed by atoms with van der Waals surface area (Å²) in [7, 11) is 1.33. The van der Waals surface area contributed by atoms with Gasteiger partial charge in [0.1, 0.15) is 5.82 Å². The number of nitrogens with zero attached hydrogens (tertiary/aromatic N) is 2. The Morgan fingerprint density at radius 3 is 2.65 bits per heavy atom. The van der Waals surface area contributed by atoms with Crippen LogP contribution >= 0.6 is 0 Å². The molecule has 1 aliphatic rings. The van der Waals surface area contributed by atoms with E-state index in [2.05, 4.69) is 14.7 Å². The van der Waals surface area contributed by atoms with Crippen molar-refractivity contribution in [2.75, 3.05) is 13.7 Å². The second-order valence-corrected chi connectivity index (χ2v) is 4.24. The minimum Gasteiger partial charge on any atom is -0.466 e. The van der Waals surface area contributed by atoms with Crippen LogP contribution in [-0.4, -0.2) is 29.7 Å². The van der Waals surface area contributed by atoms with Crippen LogP contribution in [0.5, 0.6) is 5.88 Å². The lowest BCUT2D eigenvalue weighted by Crippen LogP contribution is -2.15. The fourth-order valence-corrected chi connectivity index (χ4v) is 1.47. The van der Waals surface area contributed by atoms with E-state index in [1.54, 1.807) is 0 Å². The summed E-state index contributed by atoms with van der Waals surface area (Å²) in [5.41, 5.74) is 1.78. The van der Waals surface area contributed by atoms with Gasteiger partial charge < -0.3 is 9.47 Å². The molecule has 1 aliphatic carbocycles. The lowest BCUT2D eigenvalue weighted by molar-refractivity contribution is -0.143. The predicted octanol–water partition coefficient (Wildman–Crippen LogP) is 1.52. The third-order valence-electron chi connectivity index (χ3n) is 2.86. The molecule has 0 saturated heterocycles. The number of hydrogen-bond donors (Lipinski definition) is 0. The third kappa shape index (κ3) is 2.72. The number of esters is 1. The Morgan fingerprint density at radius 1 is 1.35 bits per heavy atom. The zero-order valence-electron chi connectivity index (χ0n) is 10.3. The van der Waals surface area contributed by atoms with Crippen LogP contribution in [0.2, 0.25) is 0 Å². The molecular weight excluding hydrogens is 220 g/mol. The minimum atomic E-state index is -0.409. The molecule has 0 spiro atoms. The lowest BCUT2D eigenvalue weighted by Gasteiger charge is -2.10. The van der Waals surface area contributed by atoms with E-state index in [1.807, 2.05) is 13.8 Å². The molecule has 0 amide bonds. The first kappa shape index (κ1) is 11.8. The summed E-state index contributed by atoms with van der Waals surface area (Å²) in [5, 5.41) is 0. The van der Waals surface area contributed by atoms with E-state index in [-0.39, 0.29) is 6.61 Å². The average molecular weight is 236 g/mol. The van der Waals surface area contributed by atoms with Gasteiger partial charge in [0.05, 0.1) is 7.11 Å². The predicted molar refractivity (Wildman–Crippen MR) is 61.0 cm³/mol. The summed E-state index contributed by atoms with van der Waals surface area (Å²) in [6.07, 6.45) is 2.28. The normalized spacial score (nSPS) is 14.5. The first-order chi connectivity index (χ1) is 8.11. The van der Waals surface area contributed by atoms with Gasteiger partial charge in [0.25, 0.3) is 0 Å². The molecule has 1 heterocycles. The summed E-state index contributed by atoms with van der Waals surface area (Å²) in [4.78, 5) is 19.8. The third-order valence-corrected chi connectivity index (χ3v) is 2.86. The summed E-state index contributed by atoms with van der Waals surface area (Å²) < 4.78 is 9.89. The minimum absolute atomic E-state index is 0.113. The van der Waals surface area contributed by atoms with Crippen LogP contribution < -0.4 is 4.74 Å². The van der Waals surface area contributed by atoms with Crippen LogP contribution in [-0.2, 0) is 9.53 Å². The summed E-state index contributed by atoms with van der Waals surface area (Å²) in [6, 6.07) is 0. The number of aryl methyl sites for hydroxylation is 1. The van der Waals surface area contributed by atoms with Gasteiger partial charge in [-0.05, 0) is 26.7 Å². The molecule has 1 aromatic rings. The number of carbonyl (C=O) groups excluding carboxylic acids is 1. The van der Waals surface area contributed by atoms with Crippen molar-refractivity contribution < 1.29 is 14.3 Å². The van der Waals surface area contributed by atoms with Crippen molar-refractivity contribution in [1.29, 1.82) is 0 Å². The van der Waals surface area contributed by atoms with Crippen molar-refractivity contribution >= 4 is 5.97 Å². The van der Waals surface area contributed by atoms with Gasteiger partial charge >= 0.3 is 5.97 Å². The summed E-state index contributed by atoms with van der Waals surface area (Å²) >= 11 is 0. The highest BCUT2D eigenvalue weighted by molar-refractivity contribution is 5.70. The Kier molecular flexibility index (Phi) is 3.26. The van der Waals surface area contributed by atoms with Gasteiger partial charge in [-0.2, -0.15) is 4.98 Å². The summed E-state index contributed by atoms with van der Waals surface area (Å²) in [6.45, 7) is 3.70. The van der Waals surface area contributed by atoms with Gasteiger partial charge in [-0.3, -0.25) is 0 Å². The molecule has 2 rings (SSSR count). The van der Waals surface area contributed by atoms with Crippen LogP contribution in [0.1, 0.15) is 35.8 Å².